The van der Waals surface area contributed by atoms with Crippen LogP contribution in [0.4, 0.5) is 8.78 Å². The van der Waals surface area contributed by atoms with Gasteiger partial charge in [0.1, 0.15) is 11.6 Å². The molecule has 0 unspecified atom stereocenters. The zero-order valence-corrected chi connectivity index (χ0v) is 15.0. The first kappa shape index (κ1) is 19.0. The van der Waals surface area contributed by atoms with Crippen molar-refractivity contribution in [2.24, 2.45) is 0 Å². The van der Waals surface area contributed by atoms with Gasteiger partial charge in [-0.1, -0.05) is 30.3 Å². The lowest BCUT2D eigenvalue weighted by Gasteiger charge is -2.22. The van der Waals surface area contributed by atoms with Gasteiger partial charge in [0.2, 0.25) is 5.91 Å². The Bertz CT molecular complexity index is 825. The highest BCUT2D eigenvalue weighted by Crippen LogP contribution is 2.14. The molecule has 3 rings (SSSR count). The summed E-state index contributed by atoms with van der Waals surface area (Å²) in [4.78, 5) is 28.3. The lowest BCUT2D eigenvalue weighted by molar-refractivity contribution is -0.131. The molecule has 1 aliphatic rings. The molecule has 27 heavy (non-hydrogen) atoms. The Morgan fingerprint density at radius 3 is 2.19 bits per heavy atom. The summed E-state index contributed by atoms with van der Waals surface area (Å²) in [6.45, 7) is 1.77. The monoisotopic (exact) mass is 372 g/mol. The maximum atomic E-state index is 13.9. The third-order valence-corrected chi connectivity index (χ3v) is 4.81. The first-order valence-electron chi connectivity index (χ1n) is 9.11. The van der Waals surface area contributed by atoms with Crippen LogP contribution in [-0.4, -0.2) is 47.8 Å². The van der Waals surface area contributed by atoms with E-state index in [1.165, 1.54) is 18.2 Å². The molecule has 0 N–H and O–H groups in total. The Morgan fingerprint density at radius 1 is 0.815 bits per heavy atom. The van der Waals surface area contributed by atoms with Gasteiger partial charge in [-0.15, -0.1) is 0 Å². The minimum Gasteiger partial charge on any atom is -0.341 e. The highest BCUT2D eigenvalue weighted by molar-refractivity contribution is 5.94. The summed E-state index contributed by atoms with van der Waals surface area (Å²) in [6, 6.07) is 12.4. The molecule has 1 heterocycles. The van der Waals surface area contributed by atoms with Crippen molar-refractivity contribution < 1.29 is 18.4 Å². The third-order valence-electron chi connectivity index (χ3n) is 4.81. The van der Waals surface area contributed by atoms with E-state index in [-0.39, 0.29) is 29.6 Å². The fourth-order valence-corrected chi connectivity index (χ4v) is 3.28. The number of hydrogen-bond acceptors (Lipinski definition) is 2. The summed E-state index contributed by atoms with van der Waals surface area (Å²) in [7, 11) is 0. The number of benzene rings is 2. The Labute approximate surface area is 157 Å². The van der Waals surface area contributed by atoms with Crippen LogP contribution in [0.3, 0.4) is 0 Å². The topological polar surface area (TPSA) is 40.6 Å². The zero-order valence-electron chi connectivity index (χ0n) is 15.0. The number of aryl methyl sites for hydroxylation is 1. The van der Waals surface area contributed by atoms with Crippen molar-refractivity contribution in [3.63, 3.8) is 0 Å². The maximum Gasteiger partial charge on any atom is 0.256 e. The molecule has 1 aliphatic heterocycles. The van der Waals surface area contributed by atoms with Gasteiger partial charge in [0.15, 0.2) is 0 Å². The second kappa shape index (κ2) is 8.75. The molecule has 142 valence electrons. The quantitative estimate of drug-likeness (QED) is 0.827. The molecule has 0 radical (unpaired) electrons. The van der Waals surface area contributed by atoms with Crippen molar-refractivity contribution in [3.05, 3.63) is 71.3 Å². The largest absolute Gasteiger partial charge is 0.341 e. The molecule has 1 saturated heterocycles. The van der Waals surface area contributed by atoms with Crippen molar-refractivity contribution >= 4 is 11.8 Å². The summed E-state index contributed by atoms with van der Waals surface area (Å²) in [5, 5.41) is 0. The van der Waals surface area contributed by atoms with Crippen LogP contribution in [-0.2, 0) is 11.2 Å². The molecule has 2 aromatic carbocycles. The third kappa shape index (κ3) is 4.70. The Morgan fingerprint density at radius 2 is 1.44 bits per heavy atom. The van der Waals surface area contributed by atoms with Gasteiger partial charge >= 0.3 is 0 Å². The molecule has 0 bridgehead atoms. The van der Waals surface area contributed by atoms with Crippen molar-refractivity contribution in [3.8, 4) is 0 Å². The maximum absolute atomic E-state index is 13.9. The smallest absolute Gasteiger partial charge is 0.256 e. The molecule has 0 aliphatic carbocycles. The fourth-order valence-electron chi connectivity index (χ4n) is 3.28. The summed E-state index contributed by atoms with van der Waals surface area (Å²) in [5.74, 6) is -1.25. The summed E-state index contributed by atoms with van der Waals surface area (Å²) < 4.78 is 27.5. The minimum atomic E-state index is -0.537. The fraction of sp³-hybridized carbons (Fsp3) is 0.333. The molecular formula is C21H22F2N2O2. The highest BCUT2D eigenvalue weighted by atomic mass is 19.1. The van der Waals surface area contributed by atoms with E-state index in [0.29, 0.717) is 44.6 Å². The Balaban J connectivity index is 1.56. The van der Waals surface area contributed by atoms with Gasteiger partial charge in [0.05, 0.1) is 5.56 Å². The van der Waals surface area contributed by atoms with E-state index in [1.54, 1.807) is 40.1 Å². The van der Waals surface area contributed by atoms with E-state index >= 15 is 0 Å². The lowest BCUT2D eigenvalue weighted by atomic mass is 10.1. The van der Waals surface area contributed by atoms with E-state index in [1.807, 2.05) is 0 Å². The molecule has 4 nitrogen and oxygen atoms in total. The predicted molar refractivity (Wildman–Crippen MR) is 98.2 cm³/mol. The van der Waals surface area contributed by atoms with Crippen LogP contribution < -0.4 is 0 Å². The zero-order chi connectivity index (χ0) is 19.2. The highest BCUT2D eigenvalue weighted by Gasteiger charge is 2.24. The molecule has 0 aromatic heterocycles. The van der Waals surface area contributed by atoms with Crippen LogP contribution in [0.25, 0.3) is 0 Å². The molecule has 0 atom stereocenters. The molecule has 6 heteroatoms. The number of nitrogens with zero attached hydrogens (tertiary/aromatic N) is 2. The SMILES string of the molecule is O=C(CCc1ccccc1F)N1CCCN(C(=O)c2ccccc2F)CC1. The van der Waals surface area contributed by atoms with Crippen molar-refractivity contribution in [2.45, 2.75) is 19.3 Å². The van der Waals surface area contributed by atoms with Gasteiger partial charge in [0.25, 0.3) is 5.91 Å². The number of halogens is 2. The standard InChI is InChI=1S/C21H22F2N2O2/c22-18-8-3-1-6-16(18)10-11-20(26)24-12-5-13-25(15-14-24)21(27)17-7-2-4-9-19(17)23/h1-4,6-9H,5,10-15H2. The molecule has 2 amide bonds. The molecule has 2 aromatic rings. The van der Waals surface area contributed by atoms with Crippen LogP contribution in [0.5, 0.6) is 0 Å². The van der Waals surface area contributed by atoms with Gasteiger partial charge in [-0.2, -0.15) is 0 Å². The van der Waals surface area contributed by atoms with Gasteiger partial charge in [-0.05, 0) is 36.6 Å². The Hall–Kier alpha value is -2.76. The van der Waals surface area contributed by atoms with Gasteiger partial charge < -0.3 is 9.80 Å². The van der Waals surface area contributed by atoms with Crippen molar-refractivity contribution in [1.82, 2.24) is 9.80 Å². The second-order valence-corrected chi connectivity index (χ2v) is 6.60. The Kier molecular flexibility index (Phi) is 6.16. The minimum absolute atomic E-state index is 0.0526. The van der Waals surface area contributed by atoms with Crippen LogP contribution in [0.2, 0.25) is 0 Å². The van der Waals surface area contributed by atoms with Gasteiger partial charge in [-0.25, -0.2) is 8.78 Å². The normalized spacial score (nSPS) is 14.7. The van der Waals surface area contributed by atoms with E-state index < -0.39 is 5.82 Å². The lowest BCUT2D eigenvalue weighted by Crippen LogP contribution is -2.37. The van der Waals surface area contributed by atoms with E-state index in [4.69, 9.17) is 0 Å². The number of amides is 2. The van der Waals surface area contributed by atoms with Gasteiger partial charge in [0, 0.05) is 32.6 Å². The van der Waals surface area contributed by atoms with E-state index in [2.05, 4.69) is 0 Å². The first-order valence-corrected chi connectivity index (χ1v) is 9.11. The van der Waals surface area contributed by atoms with E-state index in [0.717, 1.165) is 0 Å². The molecule has 0 saturated carbocycles. The second-order valence-electron chi connectivity index (χ2n) is 6.60. The van der Waals surface area contributed by atoms with E-state index in [9.17, 15) is 18.4 Å². The van der Waals surface area contributed by atoms with Crippen LogP contribution >= 0.6 is 0 Å². The van der Waals surface area contributed by atoms with Gasteiger partial charge in [-0.3, -0.25) is 9.59 Å². The predicted octanol–water partition coefficient (Wildman–Crippen LogP) is 3.27. The molecular weight excluding hydrogens is 350 g/mol. The number of hydrogen-bond donors (Lipinski definition) is 0. The summed E-state index contributed by atoms with van der Waals surface area (Å²) >= 11 is 0. The first-order chi connectivity index (χ1) is 13.1. The number of rotatable bonds is 4. The molecule has 1 fully saturated rings. The summed E-state index contributed by atoms with van der Waals surface area (Å²) in [5.41, 5.74) is 0.578. The van der Waals surface area contributed by atoms with Crippen molar-refractivity contribution in [2.75, 3.05) is 26.2 Å². The average Bonchev–Trinajstić information content (AvgIpc) is 2.93. The van der Waals surface area contributed by atoms with Crippen LogP contribution in [0, 0.1) is 11.6 Å². The van der Waals surface area contributed by atoms with Crippen LogP contribution in [0.15, 0.2) is 48.5 Å². The molecule has 0 spiro atoms. The van der Waals surface area contributed by atoms with Crippen LogP contribution in [0.1, 0.15) is 28.8 Å². The number of carbonyl (C=O) groups is 2. The number of carbonyl (C=O) groups excluding carboxylic acids is 2. The summed E-state index contributed by atoms with van der Waals surface area (Å²) in [6.07, 6.45) is 1.20. The average molecular weight is 372 g/mol. The van der Waals surface area contributed by atoms with Crippen molar-refractivity contribution in [1.29, 1.82) is 0 Å².